The second-order valence-corrected chi connectivity index (χ2v) is 9.83. The fourth-order valence-electron chi connectivity index (χ4n) is 4.55. The maximum atomic E-state index is 13.7. The Hall–Kier alpha value is -3.22. The first kappa shape index (κ1) is 23.5. The van der Waals surface area contributed by atoms with Crippen LogP contribution in [0.4, 0.5) is 0 Å². The van der Waals surface area contributed by atoms with Crippen molar-refractivity contribution in [2.24, 2.45) is 0 Å². The molecule has 7 heteroatoms. The van der Waals surface area contributed by atoms with Gasteiger partial charge in [0.15, 0.2) is 5.43 Å². The summed E-state index contributed by atoms with van der Waals surface area (Å²) in [7, 11) is 1.63. The lowest BCUT2D eigenvalue weighted by Gasteiger charge is -2.25. The molecule has 0 spiro atoms. The Labute approximate surface area is 212 Å². The Balaban J connectivity index is 1.61. The average molecular weight is 506 g/mol. The van der Waals surface area contributed by atoms with Crippen molar-refractivity contribution < 1.29 is 13.9 Å². The molecule has 1 aliphatic rings. The number of amides is 1. The molecule has 5 rings (SSSR count). The van der Waals surface area contributed by atoms with E-state index < -0.39 is 6.04 Å². The number of hydrogen-bond acceptors (Lipinski definition) is 5. The number of benzene rings is 3. The average Bonchev–Trinajstić information content (AvgIpc) is 3.16. The summed E-state index contributed by atoms with van der Waals surface area (Å²) in [5.41, 5.74) is 3.24. The smallest absolute Gasteiger partial charge is 0.290 e. The molecule has 0 saturated heterocycles. The van der Waals surface area contributed by atoms with Gasteiger partial charge in [0.05, 0.1) is 24.1 Å². The Morgan fingerprint density at radius 2 is 1.77 bits per heavy atom. The van der Waals surface area contributed by atoms with Crippen molar-refractivity contribution >= 4 is 40.2 Å². The lowest BCUT2D eigenvalue weighted by atomic mass is 9.98. The lowest BCUT2D eigenvalue weighted by Crippen LogP contribution is -2.31. The van der Waals surface area contributed by atoms with Crippen LogP contribution in [0.25, 0.3) is 11.0 Å². The molecule has 0 N–H and O–H groups in total. The first-order valence-corrected chi connectivity index (χ1v) is 12.9. The summed E-state index contributed by atoms with van der Waals surface area (Å²) in [4.78, 5) is 30.2. The van der Waals surface area contributed by atoms with Gasteiger partial charge in [0.1, 0.15) is 11.3 Å². The number of halogens is 1. The number of thioether (sulfide) groups is 1. The summed E-state index contributed by atoms with van der Waals surface area (Å²) in [6, 6.07) is 18.6. The monoisotopic (exact) mass is 505 g/mol. The van der Waals surface area contributed by atoms with Crippen LogP contribution in [-0.4, -0.2) is 30.7 Å². The topological polar surface area (TPSA) is 59.8 Å². The van der Waals surface area contributed by atoms with Crippen molar-refractivity contribution in [1.29, 1.82) is 0 Å². The molecule has 0 radical (unpaired) electrons. The number of nitrogens with zero attached hydrogens (tertiary/aromatic N) is 1. The number of fused-ring (bicyclic) bond motifs is 2. The van der Waals surface area contributed by atoms with Crippen molar-refractivity contribution in [2.75, 3.05) is 19.9 Å². The molecule has 0 saturated carbocycles. The van der Waals surface area contributed by atoms with E-state index in [1.54, 1.807) is 35.9 Å². The van der Waals surface area contributed by atoms with Crippen LogP contribution in [0.3, 0.4) is 0 Å². The van der Waals surface area contributed by atoms with Crippen LogP contribution in [0, 0.1) is 6.92 Å². The number of rotatable bonds is 6. The molecule has 4 aromatic rings. The Bertz CT molecular complexity index is 1480. The highest BCUT2D eigenvalue weighted by molar-refractivity contribution is 7.98. The standard InChI is InChI=1S/C28H24ClNO4S/c1-16-14-23-21(15-22(16)29)26(31)24-25(18-6-10-20(35-3)11-7-18)30(28(32)27(24)34-23)13-12-17-4-8-19(33-2)9-5-17/h4-11,14-15,25H,12-13H2,1-3H3. The molecule has 1 aliphatic heterocycles. The summed E-state index contributed by atoms with van der Waals surface area (Å²) >= 11 is 7.96. The van der Waals surface area contributed by atoms with Crippen molar-refractivity contribution in [3.05, 3.63) is 104 Å². The van der Waals surface area contributed by atoms with E-state index in [0.29, 0.717) is 34.5 Å². The first-order valence-electron chi connectivity index (χ1n) is 11.3. The molecular weight excluding hydrogens is 482 g/mol. The number of ether oxygens (including phenoxy) is 1. The van der Waals surface area contributed by atoms with E-state index in [9.17, 15) is 9.59 Å². The maximum absolute atomic E-state index is 13.7. The van der Waals surface area contributed by atoms with Crippen LogP contribution in [0.5, 0.6) is 5.75 Å². The third-order valence-corrected chi connectivity index (χ3v) is 7.63. The summed E-state index contributed by atoms with van der Waals surface area (Å²) < 4.78 is 11.3. The Kier molecular flexibility index (Phi) is 6.34. The highest BCUT2D eigenvalue weighted by atomic mass is 35.5. The fraction of sp³-hybridized carbons (Fsp3) is 0.214. The van der Waals surface area contributed by atoms with Gasteiger partial charge in [-0.1, -0.05) is 35.9 Å². The zero-order valence-corrected chi connectivity index (χ0v) is 21.2. The van der Waals surface area contributed by atoms with Gasteiger partial charge in [-0.2, -0.15) is 0 Å². The molecule has 35 heavy (non-hydrogen) atoms. The van der Waals surface area contributed by atoms with Crippen LogP contribution < -0.4 is 10.2 Å². The second kappa shape index (κ2) is 9.44. The SMILES string of the molecule is COc1ccc(CCN2C(=O)c3oc4cc(C)c(Cl)cc4c(=O)c3C2c2ccc(SC)cc2)cc1. The van der Waals surface area contributed by atoms with Gasteiger partial charge in [-0.15, -0.1) is 11.8 Å². The van der Waals surface area contributed by atoms with Crippen molar-refractivity contribution in [3.8, 4) is 5.75 Å². The molecule has 0 bridgehead atoms. The van der Waals surface area contributed by atoms with E-state index in [-0.39, 0.29) is 17.1 Å². The Morgan fingerprint density at radius 3 is 2.43 bits per heavy atom. The van der Waals surface area contributed by atoms with Gasteiger partial charge in [-0.25, -0.2) is 0 Å². The number of methoxy groups -OCH3 is 1. The quantitative estimate of drug-likeness (QED) is 0.289. The molecule has 1 amide bonds. The van der Waals surface area contributed by atoms with E-state index in [1.165, 1.54) is 0 Å². The predicted octanol–water partition coefficient (Wildman–Crippen LogP) is 6.27. The normalized spacial score (nSPS) is 15.0. The van der Waals surface area contributed by atoms with Crippen molar-refractivity contribution in [1.82, 2.24) is 4.90 Å². The van der Waals surface area contributed by atoms with Gasteiger partial charge >= 0.3 is 0 Å². The molecule has 178 valence electrons. The minimum Gasteiger partial charge on any atom is -0.497 e. The molecule has 3 aromatic carbocycles. The van der Waals surface area contributed by atoms with Gasteiger partial charge in [0.25, 0.3) is 5.91 Å². The second-order valence-electron chi connectivity index (χ2n) is 8.54. The van der Waals surface area contributed by atoms with E-state index >= 15 is 0 Å². The molecule has 2 heterocycles. The Morgan fingerprint density at radius 1 is 1.06 bits per heavy atom. The van der Waals surface area contributed by atoms with Crippen LogP contribution in [0.15, 0.2) is 74.8 Å². The van der Waals surface area contributed by atoms with Gasteiger partial charge in [-0.05, 0) is 72.7 Å². The third-order valence-electron chi connectivity index (χ3n) is 6.48. The molecular formula is C28H24ClNO4S. The molecule has 0 aliphatic carbocycles. The van der Waals surface area contributed by atoms with Gasteiger partial charge in [0, 0.05) is 16.5 Å². The van der Waals surface area contributed by atoms with E-state index in [1.807, 2.05) is 61.7 Å². The fourth-order valence-corrected chi connectivity index (χ4v) is 5.12. The maximum Gasteiger partial charge on any atom is 0.290 e. The van der Waals surface area contributed by atoms with Crippen molar-refractivity contribution in [3.63, 3.8) is 0 Å². The zero-order chi connectivity index (χ0) is 24.7. The predicted molar refractivity (Wildman–Crippen MR) is 140 cm³/mol. The molecule has 0 fully saturated rings. The van der Waals surface area contributed by atoms with E-state index in [0.717, 1.165) is 27.3 Å². The number of hydrogen-bond donors (Lipinski definition) is 0. The van der Waals surface area contributed by atoms with Gasteiger partial charge in [-0.3, -0.25) is 9.59 Å². The highest BCUT2D eigenvalue weighted by Gasteiger charge is 2.42. The highest BCUT2D eigenvalue weighted by Crippen LogP contribution is 2.39. The minimum absolute atomic E-state index is 0.109. The van der Waals surface area contributed by atoms with Crippen LogP contribution in [-0.2, 0) is 6.42 Å². The van der Waals surface area contributed by atoms with Crippen molar-refractivity contribution in [2.45, 2.75) is 24.3 Å². The van der Waals surface area contributed by atoms with E-state index in [4.69, 9.17) is 20.8 Å². The van der Waals surface area contributed by atoms with Crippen LogP contribution >= 0.6 is 23.4 Å². The number of aryl methyl sites for hydroxylation is 1. The molecule has 1 atom stereocenters. The number of carbonyl (C=O) groups is 1. The molecule has 1 unspecified atom stereocenters. The first-order chi connectivity index (χ1) is 16.9. The van der Waals surface area contributed by atoms with Gasteiger partial charge in [0.2, 0.25) is 5.76 Å². The van der Waals surface area contributed by atoms with Crippen LogP contribution in [0.2, 0.25) is 5.02 Å². The largest absolute Gasteiger partial charge is 0.497 e. The summed E-state index contributed by atoms with van der Waals surface area (Å²) in [6.45, 7) is 2.27. The summed E-state index contributed by atoms with van der Waals surface area (Å²) in [6.07, 6.45) is 2.64. The van der Waals surface area contributed by atoms with Crippen LogP contribution in [0.1, 0.15) is 38.9 Å². The molecule has 5 nitrogen and oxygen atoms in total. The summed E-state index contributed by atoms with van der Waals surface area (Å²) in [5, 5.41) is 0.876. The summed E-state index contributed by atoms with van der Waals surface area (Å²) in [5.74, 6) is 0.609. The van der Waals surface area contributed by atoms with E-state index in [2.05, 4.69) is 0 Å². The minimum atomic E-state index is -0.535. The zero-order valence-electron chi connectivity index (χ0n) is 19.6. The third kappa shape index (κ3) is 4.21. The lowest BCUT2D eigenvalue weighted by molar-refractivity contribution is 0.0730. The molecule has 1 aromatic heterocycles. The van der Waals surface area contributed by atoms with Gasteiger partial charge < -0.3 is 14.1 Å². The number of carbonyl (C=O) groups excluding carboxylic acids is 1.